The van der Waals surface area contributed by atoms with E-state index in [2.05, 4.69) is 4.98 Å². The Balaban J connectivity index is 1.82. The lowest BCUT2D eigenvalue weighted by molar-refractivity contribution is -0.277. The Bertz CT molecular complexity index is 742. The van der Waals surface area contributed by atoms with Gasteiger partial charge in [0.25, 0.3) is 0 Å². The molecule has 6 N–H and O–H groups in total. The highest BCUT2D eigenvalue weighted by molar-refractivity contribution is 6.03. The Morgan fingerprint density at radius 1 is 1.21 bits per heavy atom. The summed E-state index contributed by atoms with van der Waals surface area (Å²) in [7, 11) is 0. The summed E-state index contributed by atoms with van der Waals surface area (Å²) in [5.41, 5.74) is 0.624. The van der Waals surface area contributed by atoms with Crippen LogP contribution in [0.2, 0.25) is 0 Å². The van der Waals surface area contributed by atoms with Crippen molar-refractivity contribution in [2.75, 3.05) is 6.61 Å². The minimum Gasteiger partial charge on any atom is -0.478 e. The highest BCUT2D eigenvalue weighted by atomic mass is 16.7. The first-order chi connectivity index (χ1) is 11.4. The zero-order valence-electron chi connectivity index (χ0n) is 12.4. The summed E-state index contributed by atoms with van der Waals surface area (Å²) in [5.74, 6) is -0.811. The molecular weight excluding hydrogens is 322 g/mol. The second-order valence-corrected chi connectivity index (χ2v) is 5.53. The maximum absolute atomic E-state index is 11.1. The molecule has 3 rings (SSSR count). The largest absolute Gasteiger partial charge is 0.478 e. The van der Waals surface area contributed by atoms with Gasteiger partial charge in [0.2, 0.25) is 6.29 Å². The highest BCUT2D eigenvalue weighted by Gasteiger charge is 2.44. The molecule has 0 bridgehead atoms. The van der Waals surface area contributed by atoms with Gasteiger partial charge in [0.15, 0.2) is 0 Å². The first kappa shape index (κ1) is 16.7. The third-order valence-electron chi connectivity index (χ3n) is 3.98. The molecule has 1 aliphatic heterocycles. The number of ether oxygens (including phenoxy) is 2. The number of H-pyrrole nitrogens is 1. The maximum atomic E-state index is 11.1. The van der Waals surface area contributed by atoms with Gasteiger partial charge in [-0.15, -0.1) is 0 Å². The average Bonchev–Trinajstić information content (AvgIpc) is 2.98. The van der Waals surface area contributed by atoms with E-state index in [1.54, 1.807) is 0 Å². The molecule has 1 fully saturated rings. The number of aromatic nitrogens is 1. The van der Waals surface area contributed by atoms with Gasteiger partial charge in [-0.05, 0) is 12.1 Å². The number of aliphatic hydroxyl groups excluding tert-OH is 4. The van der Waals surface area contributed by atoms with Crippen LogP contribution >= 0.6 is 0 Å². The number of carboxylic acid groups (broad SMARTS) is 1. The number of carboxylic acids is 1. The molecule has 9 nitrogen and oxygen atoms in total. The predicted molar refractivity (Wildman–Crippen MR) is 79.7 cm³/mol. The minimum absolute atomic E-state index is 0.115. The molecule has 5 atom stereocenters. The Morgan fingerprint density at radius 3 is 2.62 bits per heavy atom. The van der Waals surface area contributed by atoms with E-state index in [0.29, 0.717) is 10.9 Å². The van der Waals surface area contributed by atoms with E-state index in [1.165, 1.54) is 24.4 Å². The first-order valence-electron chi connectivity index (χ1n) is 7.24. The highest BCUT2D eigenvalue weighted by Crippen LogP contribution is 2.27. The zero-order chi connectivity index (χ0) is 17.4. The molecule has 0 radical (unpaired) electrons. The van der Waals surface area contributed by atoms with E-state index in [-0.39, 0.29) is 11.3 Å². The number of nitrogens with one attached hydrogen (secondary N) is 1. The van der Waals surface area contributed by atoms with Crippen molar-refractivity contribution in [2.45, 2.75) is 30.7 Å². The number of hydrogen-bond acceptors (Lipinski definition) is 7. The molecule has 0 spiro atoms. The molecule has 0 unspecified atom stereocenters. The van der Waals surface area contributed by atoms with Crippen molar-refractivity contribution in [3.8, 4) is 5.75 Å². The molecule has 9 heteroatoms. The van der Waals surface area contributed by atoms with Crippen molar-refractivity contribution in [3.05, 3.63) is 30.0 Å². The first-order valence-corrected chi connectivity index (χ1v) is 7.24. The number of fused-ring (bicyclic) bond motifs is 1. The van der Waals surface area contributed by atoms with Crippen molar-refractivity contribution in [2.24, 2.45) is 0 Å². The Hall–Kier alpha value is -2.17. The van der Waals surface area contributed by atoms with E-state index in [0.717, 1.165) is 0 Å². The summed E-state index contributed by atoms with van der Waals surface area (Å²) in [6, 6.07) is 4.54. The number of carbonyl (C=O) groups is 1. The molecule has 0 aliphatic carbocycles. The van der Waals surface area contributed by atoms with E-state index in [4.69, 9.17) is 19.7 Å². The number of aliphatic hydroxyl groups is 4. The van der Waals surface area contributed by atoms with E-state index in [1.807, 2.05) is 0 Å². The van der Waals surface area contributed by atoms with Gasteiger partial charge in [-0.2, -0.15) is 0 Å². The quantitative estimate of drug-likeness (QED) is 0.417. The number of aromatic carboxylic acids is 1. The van der Waals surface area contributed by atoms with Gasteiger partial charge in [0, 0.05) is 23.2 Å². The fourth-order valence-electron chi connectivity index (χ4n) is 2.65. The summed E-state index contributed by atoms with van der Waals surface area (Å²) in [4.78, 5) is 13.9. The van der Waals surface area contributed by atoms with E-state index in [9.17, 15) is 20.1 Å². The maximum Gasteiger partial charge on any atom is 0.337 e. The summed E-state index contributed by atoms with van der Waals surface area (Å²) < 4.78 is 10.7. The molecule has 1 saturated heterocycles. The van der Waals surface area contributed by atoms with Crippen LogP contribution in [-0.4, -0.2) is 73.8 Å². The van der Waals surface area contributed by atoms with Gasteiger partial charge in [0.05, 0.1) is 12.2 Å². The van der Waals surface area contributed by atoms with Crippen LogP contribution < -0.4 is 4.74 Å². The van der Waals surface area contributed by atoms with Crippen LogP contribution in [0, 0.1) is 0 Å². The monoisotopic (exact) mass is 339 g/mol. The van der Waals surface area contributed by atoms with Gasteiger partial charge in [0.1, 0.15) is 30.2 Å². The number of benzene rings is 1. The normalized spacial score (nSPS) is 30.4. The lowest BCUT2D eigenvalue weighted by atomic mass is 9.99. The molecule has 1 aliphatic rings. The van der Waals surface area contributed by atoms with Gasteiger partial charge in [-0.25, -0.2) is 4.79 Å². The average molecular weight is 339 g/mol. The number of aromatic amines is 1. The molecule has 130 valence electrons. The molecule has 1 aromatic heterocycles. The zero-order valence-corrected chi connectivity index (χ0v) is 12.4. The Labute approximate surface area is 135 Å². The van der Waals surface area contributed by atoms with E-state index >= 15 is 0 Å². The molecule has 1 aromatic carbocycles. The van der Waals surface area contributed by atoms with Gasteiger partial charge in [-0.3, -0.25) is 0 Å². The van der Waals surface area contributed by atoms with Crippen molar-refractivity contribution in [1.82, 2.24) is 4.98 Å². The molecule has 24 heavy (non-hydrogen) atoms. The second kappa shape index (κ2) is 6.38. The van der Waals surface area contributed by atoms with Crippen molar-refractivity contribution in [3.63, 3.8) is 0 Å². The minimum atomic E-state index is -1.53. The standard InChI is InChI=1S/C15H17NO8/c17-5-10-11(18)12(19)13(20)15(24-10)23-6-1-2-7-8(14(21)22)4-16-9(7)3-6/h1-4,10-13,15-20H,5H2,(H,21,22)/t10-,11-,12+,13-,15-/m1/s1. The Morgan fingerprint density at radius 2 is 1.96 bits per heavy atom. The van der Waals surface area contributed by atoms with Crippen LogP contribution in [0.15, 0.2) is 24.4 Å². The summed E-state index contributed by atoms with van der Waals surface area (Å²) in [6.07, 6.45) is -5.53. The summed E-state index contributed by atoms with van der Waals surface area (Å²) in [6.45, 7) is -0.553. The van der Waals surface area contributed by atoms with Crippen LogP contribution in [0.1, 0.15) is 10.4 Å². The second-order valence-electron chi connectivity index (χ2n) is 5.53. The van der Waals surface area contributed by atoms with Crippen LogP contribution in [0.25, 0.3) is 10.9 Å². The topological polar surface area (TPSA) is 152 Å². The van der Waals surface area contributed by atoms with Crippen molar-refractivity contribution in [1.29, 1.82) is 0 Å². The van der Waals surface area contributed by atoms with Crippen LogP contribution in [0.3, 0.4) is 0 Å². The van der Waals surface area contributed by atoms with Gasteiger partial charge in [-0.1, -0.05) is 0 Å². The molecular formula is C15H17NO8. The lowest BCUT2D eigenvalue weighted by Crippen LogP contribution is -2.60. The molecule has 2 aromatic rings. The fraction of sp³-hybridized carbons (Fsp3) is 0.400. The van der Waals surface area contributed by atoms with Gasteiger partial charge >= 0.3 is 5.97 Å². The predicted octanol–water partition coefficient (Wildman–Crippen LogP) is -0.955. The summed E-state index contributed by atoms with van der Waals surface area (Å²) in [5, 5.41) is 48.1. The smallest absolute Gasteiger partial charge is 0.337 e. The fourth-order valence-corrected chi connectivity index (χ4v) is 2.65. The number of hydrogen-bond donors (Lipinski definition) is 6. The van der Waals surface area contributed by atoms with Crippen molar-refractivity contribution < 1.29 is 39.8 Å². The van der Waals surface area contributed by atoms with Gasteiger partial charge < -0.3 is 40.0 Å². The van der Waals surface area contributed by atoms with Crippen molar-refractivity contribution >= 4 is 16.9 Å². The molecule has 0 amide bonds. The summed E-state index contributed by atoms with van der Waals surface area (Å²) >= 11 is 0. The Kier molecular flexibility index (Phi) is 4.43. The third-order valence-corrected chi connectivity index (χ3v) is 3.98. The molecule has 0 saturated carbocycles. The van der Waals surface area contributed by atoms with Crippen LogP contribution in [0.4, 0.5) is 0 Å². The van der Waals surface area contributed by atoms with Crippen LogP contribution in [-0.2, 0) is 4.74 Å². The molecule has 2 heterocycles. The number of rotatable bonds is 4. The van der Waals surface area contributed by atoms with Crippen LogP contribution in [0.5, 0.6) is 5.75 Å². The SMILES string of the molecule is O=C(O)c1c[nH]c2cc(O[C@@H]3O[C@H](CO)[C@@H](O)[C@H](O)[C@H]3O)ccc12. The van der Waals surface area contributed by atoms with E-state index < -0.39 is 43.3 Å². The third kappa shape index (κ3) is 2.83. The lowest BCUT2D eigenvalue weighted by Gasteiger charge is -2.39.